The molecule has 1 aromatic rings. The van der Waals surface area contributed by atoms with Crippen molar-refractivity contribution in [1.82, 2.24) is 0 Å². The molecule has 2 rings (SSSR count). The van der Waals surface area contributed by atoms with E-state index in [1.54, 1.807) is 12.1 Å². The smallest absolute Gasteiger partial charge is 0.265 e. The Morgan fingerprint density at radius 1 is 1.37 bits per heavy atom. The van der Waals surface area contributed by atoms with Crippen molar-refractivity contribution in [2.24, 2.45) is 0 Å². The Labute approximate surface area is 112 Å². The van der Waals surface area contributed by atoms with Crippen LogP contribution in [0.2, 0.25) is 0 Å². The van der Waals surface area contributed by atoms with Crippen LogP contribution in [0.15, 0.2) is 18.2 Å². The van der Waals surface area contributed by atoms with E-state index in [1.807, 2.05) is 11.8 Å². The van der Waals surface area contributed by atoms with Gasteiger partial charge in [0.25, 0.3) is 6.43 Å². The Morgan fingerprint density at radius 3 is 2.63 bits per heavy atom. The summed E-state index contributed by atoms with van der Waals surface area (Å²) >= 11 is 0. The average Bonchev–Trinajstić information content (AvgIpc) is 2.40. The van der Waals surface area contributed by atoms with Gasteiger partial charge in [0.05, 0.1) is 6.10 Å². The molecule has 0 spiro atoms. The maximum absolute atomic E-state index is 13.1. The van der Waals surface area contributed by atoms with Gasteiger partial charge in [-0.1, -0.05) is 0 Å². The Bertz CT molecular complexity index is 418. The van der Waals surface area contributed by atoms with Gasteiger partial charge in [0.15, 0.2) is 0 Å². The lowest BCUT2D eigenvalue weighted by Crippen LogP contribution is -2.37. The molecule has 2 N–H and O–H groups in total. The van der Waals surface area contributed by atoms with Crippen LogP contribution in [0.5, 0.6) is 0 Å². The lowest BCUT2D eigenvalue weighted by Gasteiger charge is -2.34. The van der Waals surface area contributed by atoms with Gasteiger partial charge < -0.3 is 15.4 Å². The van der Waals surface area contributed by atoms with Crippen LogP contribution in [0, 0.1) is 0 Å². The summed E-state index contributed by atoms with van der Waals surface area (Å²) in [5.74, 6) is 0. The van der Waals surface area contributed by atoms with Gasteiger partial charge in [-0.05, 0) is 38.0 Å². The Hall–Kier alpha value is -1.36. The summed E-state index contributed by atoms with van der Waals surface area (Å²) in [6.45, 7) is 4.17. The number of benzene rings is 1. The molecule has 0 amide bonds. The van der Waals surface area contributed by atoms with Crippen molar-refractivity contribution in [3.63, 3.8) is 0 Å². The second-order valence-corrected chi connectivity index (χ2v) is 4.76. The number of anilines is 2. The van der Waals surface area contributed by atoms with Crippen molar-refractivity contribution in [2.75, 3.05) is 30.3 Å². The first kappa shape index (κ1) is 14.1. The number of piperidine rings is 1. The fraction of sp³-hybridized carbons (Fsp3) is 0.571. The van der Waals surface area contributed by atoms with E-state index in [2.05, 4.69) is 0 Å². The van der Waals surface area contributed by atoms with Gasteiger partial charge in [-0.25, -0.2) is 8.78 Å². The number of rotatable bonds is 4. The van der Waals surface area contributed by atoms with Crippen LogP contribution in [-0.4, -0.2) is 25.8 Å². The first-order valence-electron chi connectivity index (χ1n) is 6.66. The molecule has 1 aliphatic rings. The summed E-state index contributed by atoms with van der Waals surface area (Å²) in [5, 5.41) is 0. The maximum atomic E-state index is 13.1. The normalized spacial score (nSPS) is 17.2. The molecule has 106 valence electrons. The molecule has 0 bridgehead atoms. The second-order valence-electron chi connectivity index (χ2n) is 4.76. The second kappa shape index (κ2) is 6.19. The molecule has 5 heteroatoms. The quantitative estimate of drug-likeness (QED) is 0.854. The molecular formula is C14H20F2N2O. The third-order valence-electron chi connectivity index (χ3n) is 3.47. The van der Waals surface area contributed by atoms with Crippen LogP contribution in [0.4, 0.5) is 20.2 Å². The highest BCUT2D eigenvalue weighted by molar-refractivity contribution is 5.60. The van der Waals surface area contributed by atoms with E-state index in [1.165, 1.54) is 6.07 Å². The monoisotopic (exact) mass is 270 g/mol. The number of nitrogens with two attached hydrogens (primary N) is 1. The zero-order chi connectivity index (χ0) is 13.8. The minimum Gasteiger partial charge on any atom is -0.399 e. The Balaban J connectivity index is 2.11. The van der Waals surface area contributed by atoms with Crippen molar-refractivity contribution in [3.8, 4) is 0 Å². The van der Waals surface area contributed by atoms with Crippen molar-refractivity contribution >= 4 is 11.4 Å². The van der Waals surface area contributed by atoms with Crippen molar-refractivity contribution in [3.05, 3.63) is 23.8 Å². The first-order chi connectivity index (χ1) is 9.11. The number of nitrogen functional groups attached to an aromatic ring is 1. The molecule has 1 aliphatic heterocycles. The number of halogens is 2. The molecule has 1 aromatic carbocycles. The molecule has 1 fully saturated rings. The molecule has 0 aromatic heterocycles. The Kier molecular flexibility index (Phi) is 4.58. The van der Waals surface area contributed by atoms with Gasteiger partial charge in [-0.3, -0.25) is 0 Å². The van der Waals surface area contributed by atoms with E-state index in [9.17, 15) is 8.78 Å². The fourth-order valence-corrected chi connectivity index (χ4v) is 2.53. The number of ether oxygens (including phenoxy) is 1. The molecule has 0 saturated carbocycles. The molecule has 1 saturated heterocycles. The van der Waals surface area contributed by atoms with Crippen molar-refractivity contribution < 1.29 is 13.5 Å². The third-order valence-corrected chi connectivity index (χ3v) is 3.47. The van der Waals surface area contributed by atoms with Crippen LogP contribution in [0.1, 0.15) is 31.8 Å². The SMILES string of the molecule is CCOC1CCN(c2ccc(N)cc2C(F)F)CC1. The molecule has 3 nitrogen and oxygen atoms in total. The first-order valence-corrected chi connectivity index (χ1v) is 6.66. The summed E-state index contributed by atoms with van der Waals surface area (Å²) in [6, 6.07) is 4.74. The number of nitrogens with zero attached hydrogens (tertiary/aromatic N) is 1. The van der Waals surface area contributed by atoms with E-state index in [0.717, 1.165) is 25.9 Å². The fourth-order valence-electron chi connectivity index (χ4n) is 2.53. The van der Waals surface area contributed by atoms with Crippen molar-refractivity contribution in [1.29, 1.82) is 0 Å². The van der Waals surface area contributed by atoms with Gasteiger partial charge in [0.2, 0.25) is 0 Å². The number of alkyl halides is 2. The lowest BCUT2D eigenvalue weighted by atomic mass is 10.0. The maximum Gasteiger partial charge on any atom is 0.265 e. The molecule has 0 radical (unpaired) electrons. The standard InChI is InChI=1S/C14H20F2N2O/c1-2-19-11-5-7-18(8-6-11)13-4-3-10(17)9-12(13)14(15)16/h3-4,9,11,14H,2,5-8,17H2,1H3. The zero-order valence-electron chi connectivity index (χ0n) is 11.1. The van der Waals surface area contributed by atoms with Crippen LogP contribution in [0.25, 0.3) is 0 Å². The van der Waals surface area contributed by atoms with Crippen LogP contribution in [0.3, 0.4) is 0 Å². The van der Waals surface area contributed by atoms with Gasteiger partial charge in [-0.2, -0.15) is 0 Å². The van der Waals surface area contributed by atoms with Crippen LogP contribution in [-0.2, 0) is 4.74 Å². The third kappa shape index (κ3) is 3.35. The lowest BCUT2D eigenvalue weighted by molar-refractivity contribution is 0.0458. The predicted molar refractivity (Wildman–Crippen MR) is 72.7 cm³/mol. The predicted octanol–water partition coefficient (Wildman–Crippen LogP) is 3.21. The van der Waals surface area contributed by atoms with Crippen molar-refractivity contribution in [2.45, 2.75) is 32.3 Å². The summed E-state index contributed by atoms with van der Waals surface area (Å²) in [5.41, 5.74) is 6.58. The number of hydrogen-bond donors (Lipinski definition) is 1. The largest absolute Gasteiger partial charge is 0.399 e. The highest BCUT2D eigenvalue weighted by atomic mass is 19.3. The van der Waals surface area contributed by atoms with E-state index < -0.39 is 6.43 Å². The summed E-state index contributed by atoms with van der Waals surface area (Å²) in [4.78, 5) is 2.00. The van der Waals surface area contributed by atoms with E-state index in [0.29, 0.717) is 18.0 Å². The molecule has 0 unspecified atom stereocenters. The van der Waals surface area contributed by atoms with Crippen LogP contribution < -0.4 is 10.6 Å². The van der Waals surface area contributed by atoms with Gasteiger partial charge in [0.1, 0.15) is 0 Å². The molecule has 0 aliphatic carbocycles. The Morgan fingerprint density at radius 2 is 2.05 bits per heavy atom. The summed E-state index contributed by atoms with van der Waals surface area (Å²) in [6.07, 6.45) is -0.491. The van der Waals surface area contributed by atoms with Crippen LogP contribution >= 0.6 is 0 Å². The molecule has 19 heavy (non-hydrogen) atoms. The summed E-state index contributed by atoms with van der Waals surface area (Å²) < 4.78 is 31.7. The molecule has 0 atom stereocenters. The van der Waals surface area contributed by atoms with E-state index in [-0.39, 0.29) is 11.7 Å². The van der Waals surface area contributed by atoms with E-state index in [4.69, 9.17) is 10.5 Å². The minimum atomic E-state index is -2.50. The molecular weight excluding hydrogens is 250 g/mol. The highest BCUT2D eigenvalue weighted by Crippen LogP contribution is 2.33. The zero-order valence-corrected chi connectivity index (χ0v) is 11.1. The highest BCUT2D eigenvalue weighted by Gasteiger charge is 2.23. The van der Waals surface area contributed by atoms with E-state index >= 15 is 0 Å². The summed E-state index contributed by atoms with van der Waals surface area (Å²) in [7, 11) is 0. The minimum absolute atomic E-state index is 0.0230. The van der Waals surface area contributed by atoms with Gasteiger partial charge in [-0.15, -0.1) is 0 Å². The topological polar surface area (TPSA) is 38.5 Å². The van der Waals surface area contributed by atoms with Gasteiger partial charge in [0, 0.05) is 36.6 Å². The number of hydrogen-bond acceptors (Lipinski definition) is 3. The van der Waals surface area contributed by atoms with Gasteiger partial charge >= 0.3 is 0 Å². The average molecular weight is 270 g/mol. The molecule has 1 heterocycles.